The predicted molar refractivity (Wildman–Crippen MR) is 96.9 cm³/mol. The second-order valence-electron chi connectivity index (χ2n) is 8.21. The van der Waals surface area contributed by atoms with Crippen molar-refractivity contribution in [1.82, 2.24) is 5.32 Å². The summed E-state index contributed by atoms with van der Waals surface area (Å²) in [7, 11) is 0. The predicted octanol–water partition coefficient (Wildman–Crippen LogP) is 3.64. The van der Waals surface area contributed by atoms with E-state index in [2.05, 4.69) is 11.4 Å². The van der Waals surface area contributed by atoms with E-state index in [1.54, 1.807) is 0 Å². The van der Waals surface area contributed by atoms with Gasteiger partial charge in [0.05, 0.1) is 0 Å². The van der Waals surface area contributed by atoms with Crippen LogP contribution in [0.25, 0.3) is 0 Å². The first-order valence-corrected chi connectivity index (χ1v) is 9.74. The monoisotopic (exact) mass is 346 g/mol. The molecule has 0 radical (unpaired) electrons. The van der Waals surface area contributed by atoms with Crippen LogP contribution in [0.3, 0.4) is 0 Å². The van der Waals surface area contributed by atoms with Gasteiger partial charge in [0.1, 0.15) is 0 Å². The van der Waals surface area contributed by atoms with E-state index in [0.29, 0.717) is 17.9 Å². The smallest absolute Gasteiger partial charge is 0.223 e. The fourth-order valence-corrected chi connectivity index (χ4v) is 5.13. The number of benzene rings is 1. The van der Waals surface area contributed by atoms with Gasteiger partial charge >= 0.3 is 0 Å². The van der Waals surface area contributed by atoms with Crippen molar-refractivity contribution in [2.45, 2.75) is 56.4 Å². The van der Waals surface area contributed by atoms with E-state index in [-0.39, 0.29) is 17.2 Å². The zero-order valence-electron chi connectivity index (χ0n) is 14.1. The second kappa shape index (κ2) is 6.34. The highest BCUT2D eigenvalue weighted by atomic mass is 35.5. The molecule has 0 heterocycles. The maximum Gasteiger partial charge on any atom is 0.223 e. The van der Waals surface area contributed by atoms with Crippen LogP contribution in [0, 0.1) is 17.8 Å². The van der Waals surface area contributed by atoms with Crippen LogP contribution in [0.5, 0.6) is 0 Å². The zero-order valence-corrected chi connectivity index (χ0v) is 14.9. The summed E-state index contributed by atoms with van der Waals surface area (Å²) in [5, 5.41) is 4.03. The molecule has 1 amide bonds. The Morgan fingerprint density at radius 3 is 2.58 bits per heavy atom. The maximum absolute atomic E-state index is 12.7. The van der Waals surface area contributed by atoms with E-state index in [9.17, 15) is 4.79 Å². The number of carbonyl (C=O) groups is 1. The molecule has 24 heavy (non-hydrogen) atoms. The van der Waals surface area contributed by atoms with Crippen molar-refractivity contribution < 1.29 is 4.79 Å². The fraction of sp³-hybridized carbons (Fsp3) is 0.650. The molecule has 1 aromatic rings. The molecule has 2 atom stereocenters. The first kappa shape index (κ1) is 16.4. The highest BCUT2D eigenvalue weighted by Gasteiger charge is 2.45. The summed E-state index contributed by atoms with van der Waals surface area (Å²) in [4.78, 5) is 12.7. The molecule has 3 fully saturated rings. The number of nitrogens with one attached hydrogen (secondary N) is 1. The average molecular weight is 347 g/mol. The number of hydrogen-bond donors (Lipinski definition) is 2. The SMILES string of the molecule is NC1C2CCCC1CC(C(=O)NCC1(c3cccc(Cl)c3)CC1)C2. The Bertz CT molecular complexity index is 614. The van der Waals surface area contributed by atoms with Gasteiger partial charge in [0.2, 0.25) is 5.91 Å². The number of amides is 1. The summed E-state index contributed by atoms with van der Waals surface area (Å²) in [6.07, 6.45) is 7.92. The molecule has 0 aliphatic heterocycles. The summed E-state index contributed by atoms with van der Waals surface area (Å²) < 4.78 is 0. The van der Waals surface area contributed by atoms with Gasteiger partial charge in [0.25, 0.3) is 0 Å². The van der Waals surface area contributed by atoms with Crippen molar-refractivity contribution in [3.05, 3.63) is 34.9 Å². The Balaban J connectivity index is 1.37. The summed E-state index contributed by atoms with van der Waals surface area (Å²) in [5.74, 6) is 1.51. The minimum Gasteiger partial charge on any atom is -0.355 e. The van der Waals surface area contributed by atoms with Crippen molar-refractivity contribution >= 4 is 17.5 Å². The average Bonchev–Trinajstić information content (AvgIpc) is 3.33. The molecule has 4 heteroatoms. The van der Waals surface area contributed by atoms with E-state index >= 15 is 0 Å². The van der Waals surface area contributed by atoms with Gasteiger partial charge in [0.15, 0.2) is 0 Å². The summed E-state index contributed by atoms with van der Waals surface area (Å²) >= 11 is 6.13. The van der Waals surface area contributed by atoms with Gasteiger partial charge in [-0.05, 0) is 68.1 Å². The van der Waals surface area contributed by atoms with Crippen LogP contribution in [-0.4, -0.2) is 18.5 Å². The second-order valence-corrected chi connectivity index (χ2v) is 8.64. The molecule has 130 valence electrons. The lowest BCUT2D eigenvalue weighted by molar-refractivity contribution is -0.128. The molecule has 3 nitrogen and oxygen atoms in total. The molecular weight excluding hydrogens is 320 g/mol. The topological polar surface area (TPSA) is 55.1 Å². The van der Waals surface area contributed by atoms with Crippen molar-refractivity contribution in [2.75, 3.05) is 6.54 Å². The van der Waals surface area contributed by atoms with Crippen molar-refractivity contribution in [3.63, 3.8) is 0 Å². The molecular formula is C20H27ClN2O. The number of rotatable bonds is 4. The van der Waals surface area contributed by atoms with Crippen LogP contribution in [0.4, 0.5) is 0 Å². The Kier molecular flexibility index (Phi) is 4.34. The molecule has 1 aromatic carbocycles. The van der Waals surface area contributed by atoms with E-state index in [4.69, 9.17) is 17.3 Å². The number of fused-ring (bicyclic) bond motifs is 2. The van der Waals surface area contributed by atoms with Crippen LogP contribution >= 0.6 is 11.6 Å². The van der Waals surface area contributed by atoms with Crippen LogP contribution < -0.4 is 11.1 Å². The Hall–Kier alpha value is -1.06. The molecule has 0 saturated heterocycles. The first-order valence-electron chi connectivity index (χ1n) is 9.37. The molecule has 3 aliphatic rings. The highest BCUT2D eigenvalue weighted by molar-refractivity contribution is 6.30. The lowest BCUT2D eigenvalue weighted by Gasteiger charge is -2.43. The molecule has 2 bridgehead atoms. The van der Waals surface area contributed by atoms with Crippen LogP contribution in [0.1, 0.15) is 50.5 Å². The summed E-state index contributed by atoms with van der Waals surface area (Å²) in [6.45, 7) is 0.740. The summed E-state index contributed by atoms with van der Waals surface area (Å²) in [6, 6.07) is 8.41. The van der Waals surface area contributed by atoms with Gasteiger partial charge in [-0.3, -0.25) is 4.79 Å². The molecule has 2 unspecified atom stereocenters. The van der Waals surface area contributed by atoms with E-state index in [1.165, 1.54) is 24.8 Å². The molecule has 0 aromatic heterocycles. The van der Waals surface area contributed by atoms with Gasteiger partial charge in [0, 0.05) is 28.9 Å². The van der Waals surface area contributed by atoms with Crippen LogP contribution in [0.15, 0.2) is 24.3 Å². The third-order valence-electron chi connectivity index (χ3n) is 6.68. The maximum atomic E-state index is 12.7. The molecule has 0 spiro atoms. The fourth-order valence-electron chi connectivity index (χ4n) is 4.94. The van der Waals surface area contributed by atoms with Crippen LogP contribution in [-0.2, 0) is 10.2 Å². The Morgan fingerprint density at radius 2 is 1.96 bits per heavy atom. The molecule has 3 aliphatic carbocycles. The molecule has 3 N–H and O–H groups in total. The largest absolute Gasteiger partial charge is 0.355 e. The number of hydrogen-bond acceptors (Lipinski definition) is 2. The van der Waals surface area contributed by atoms with Crippen molar-refractivity contribution in [2.24, 2.45) is 23.5 Å². The first-order chi connectivity index (χ1) is 11.6. The quantitative estimate of drug-likeness (QED) is 0.874. The van der Waals surface area contributed by atoms with Gasteiger partial charge in [-0.15, -0.1) is 0 Å². The van der Waals surface area contributed by atoms with Crippen molar-refractivity contribution in [3.8, 4) is 0 Å². The normalized spacial score (nSPS) is 33.8. The molecule has 3 saturated carbocycles. The minimum atomic E-state index is 0.113. The van der Waals surface area contributed by atoms with Crippen LogP contribution in [0.2, 0.25) is 5.02 Å². The third-order valence-corrected chi connectivity index (χ3v) is 6.91. The van der Waals surface area contributed by atoms with Gasteiger partial charge in [-0.25, -0.2) is 0 Å². The van der Waals surface area contributed by atoms with Gasteiger partial charge in [-0.1, -0.05) is 30.2 Å². The zero-order chi connectivity index (χ0) is 16.7. The Morgan fingerprint density at radius 1 is 1.25 bits per heavy atom. The lowest BCUT2D eigenvalue weighted by atomic mass is 9.65. The number of carbonyl (C=O) groups excluding carboxylic acids is 1. The number of nitrogens with two attached hydrogens (primary N) is 1. The number of halogens is 1. The minimum absolute atomic E-state index is 0.113. The van der Waals surface area contributed by atoms with E-state index in [1.807, 2.05) is 18.2 Å². The standard InChI is InChI=1S/C20H27ClN2O/c21-17-6-2-5-16(11-17)20(7-8-20)12-23-19(24)15-9-13-3-1-4-14(10-15)18(13)22/h2,5-6,11,13-15,18H,1,3-4,7-10,12,22H2,(H,23,24). The Labute approximate surface area is 149 Å². The van der Waals surface area contributed by atoms with Crippen molar-refractivity contribution in [1.29, 1.82) is 0 Å². The lowest BCUT2D eigenvalue weighted by Crippen LogP contribution is -2.49. The summed E-state index contributed by atoms with van der Waals surface area (Å²) in [5.41, 5.74) is 7.72. The van der Waals surface area contributed by atoms with Gasteiger partial charge in [-0.2, -0.15) is 0 Å². The third kappa shape index (κ3) is 3.09. The van der Waals surface area contributed by atoms with E-state index in [0.717, 1.165) is 37.3 Å². The highest BCUT2D eigenvalue weighted by Crippen LogP contribution is 2.48. The molecule has 4 rings (SSSR count). The van der Waals surface area contributed by atoms with Gasteiger partial charge < -0.3 is 11.1 Å². The van der Waals surface area contributed by atoms with E-state index < -0.39 is 0 Å².